The van der Waals surface area contributed by atoms with Gasteiger partial charge >= 0.3 is 5.97 Å². The minimum absolute atomic E-state index is 0.00502. The van der Waals surface area contributed by atoms with Crippen molar-refractivity contribution in [3.05, 3.63) is 101 Å². The molecule has 1 heterocycles. The number of ether oxygens (including phenoxy) is 1. The molecule has 1 aliphatic heterocycles. The number of rotatable bonds is 2. The van der Waals surface area contributed by atoms with Gasteiger partial charge < -0.3 is 9.64 Å². The Kier molecular flexibility index (Phi) is 3.91. The first kappa shape index (κ1) is 18.6. The van der Waals surface area contributed by atoms with Crippen molar-refractivity contribution in [2.45, 2.75) is 24.2 Å². The Bertz CT molecular complexity index is 1200. The Morgan fingerprint density at radius 2 is 1.60 bits per heavy atom. The lowest BCUT2D eigenvalue weighted by Gasteiger charge is -2.31. The summed E-state index contributed by atoms with van der Waals surface area (Å²) in [5, 5.41) is 0. The van der Waals surface area contributed by atoms with Crippen LogP contribution in [0, 0.1) is 6.92 Å². The van der Waals surface area contributed by atoms with Crippen LogP contribution in [0.15, 0.2) is 72.8 Å². The van der Waals surface area contributed by atoms with Gasteiger partial charge in [-0.2, -0.15) is 0 Å². The number of carbonyl (C=O) groups excluding carboxylic acids is 2. The van der Waals surface area contributed by atoms with E-state index in [1.165, 1.54) is 7.11 Å². The number of methoxy groups -OCH3 is 1. The molecule has 3 aromatic carbocycles. The van der Waals surface area contributed by atoms with E-state index in [-0.39, 0.29) is 11.9 Å². The second-order valence-corrected chi connectivity index (χ2v) is 8.28. The highest BCUT2D eigenvalue weighted by Crippen LogP contribution is 2.60. The monoisotopic (exact) mass is 397 g/mol. The molecule has 5 rings (SSSR count). The lowest BCUT2D eigenvalue weighted by atomic mass is 9.70. The highest BCUT2D eigenvalue weighted by atomic mass is 16.5. The Morgan fingerprint density at radius 1 is 0.933 bits per heavy atom. The standard InChI is InChI=1S/C26H23NO3/c1-17-9-8-10-18(15-17)25(24(29)30-3)16-26(20-12-5-4-11-19(20)25)21-13-6-7-14-22(21)27(2)23(26)28/h4-15H,16H2,1-3H3. The van der Waals surface area contributed by atoms with Gasteiger partial charge in [0.05, 0.1) is 7.11 Å². The van der Waals surface area contributed by atoms with E-state index >= 15 is 0 Å². The van der Waals surface area contributed by atoms with Gasteiger partial charge in [-0.3, -0.25) is 9.59 Å². The summed E-state index contributed by atoms with van der Waals surface area (Å²) < 4.78 is 5.38. The van der Waals surface area contributed by atoms with Crippen molar-refractivity contribution in [1.29, 1.82) is 0 Å². The van der Waals surface area contributed by atoms with E-state index in [0.717, 1.165) is 33.5 Å². The normalized spacial score (nSPS) is 24.1. The quantitative estimate of drug-likeness (QED) is 0.611. The van der Waals surface area contributed by atoms with Crippen LogP contribution >= 0.6 is 0 Å². The molecule has 150 valence electrons. The number of anilines is 1. The predicted octanol–water partition coefficient (Wildman–Crippen LogP) is 4.12. The largest absolute Gasteiger partial charge is 0.468 e. The molecule has 30 heavy (non-hydrogen) atoms. The summed E-state index contributed by atoms with van der Waals surface area (Å²) in [6, 6.07) is 23.7. The number of benzene rings is 3. The van der Waals surface area contributed by atoms with Gasteiger partial charge in [0.15, 0.2) is 0 Å². The number of para-hydroxylation sites is 1. The van der Waals surface area contributed by atoms with Crippen LogP contribution in [0.4, 0.5) is 5.69 Å². The number of likely N-dealkylation sites (N-methyl/N-ethyl adjacent to an activating group) is 1. The summed E-state index contributed by atoms with van der Waals surface area (Å²) in [7, 11) is 3.23. The van der Waals surface area contributed by atoms with Crippen LogP contribution in [0.1, 0.15) is 34.2 Å². The zero-order valence-electron chi connectivity index (χ0n) is 17.3. The molecule has 2 aliphatic rings. The number of hydrogen-bond acceptors (Lipinski definition) is 3. The molecule has 2 unspecified atom stereocenters. The number of esters is 1. The highest BCUT2D eigenvalue weighted by Gasteiger charge is 2.64. The third-order valence-corrected chi connectivity index (χ3v) is 6.82. The fourth-order valence-corrected chi connectivity index (χ4v) is 5.53. The fraction of sp³-hybridized carbons (Fsp3) is 0.231. The fourth-order valence-electron chi connectivity index (χ4n) is 5.53. The summed E-state index contributed by atoms with van der Waals surface area (Å²) in [5.74, 6) is -0.341. The maximum absolute atomic E-state index is 13.8. The molecule has 0 aromatic heterocycles. The van der Waals surface area contributed by atoms with E-state index in [4.69, 9.17) is 4.74 Å². The number of amides is 1. The van der Waals surface area contributed by atoms with Crippen LogP contribution in [-0.2, 0) is 25.2 Å². The van der Waals surface area contributed by atoms with Crippen molar-refractivity contribution >= 4 is 17.6 Å². The van der Waals surface area contributed by atoms with Crippen molar-refractivity contribution in [3.8, 4) is 0 Å². The molecule has 4 heteroatoms. The minimum Gasteiger partial charge on any atom is -0.468 e. The first-order valence-corrected chi connectivity index (χ1v) is 10.1. The molecule has 0 N–H and O–H groups in total. The summed E-state index contributed by atoms with van der Waals surface area (Å²) in [6.07, 6.45) is 0.315. The first-order valence-electron chi connectivity index (χ1n) is 10.1. The van der Waals surface area contributed by atoms with Gasteiger partial charge in [0, 0.05) is 12.7 Å². The number of aryl methyl sites for hydroxylation is 1. The molecule has 1 spiro atoms. The third kappa shape index (κ3) is 2.11. The average molecular weight is 397 g/mol. The van der Waals surface area contributed by atoms with Gasteiger partial charge in [-0.1, -0.05) is 72.3 Å². The number of nitrogens with zero attached hydrogens (tertiary/aromatic N) is 1. The van der Waals surface area contributed by atoms with E-state index in [1.54, 1.807) is 4.90 Å². The topological polar surface area (TPSA) is 46.6 Å². The molecule has 1 amide bonds. The van der Waals surface area contributed by atoms with Crippen LogP contribution in [0.25, 0.3) is 0 Å². The Morgan fingerprint density at radius 3 is 2.30 bits per heavy atom. The van der Waals surface area contributed by atoms with Crippen LogP contribution < -0.4 is 4.90 Å². The molecule has 4 nitrogen and oxygen atoms in total. The van der Waals surface area contributed by atoms with E-state index in [9.17, 15) is 9.59 Å². The first-order chi connectivity index (χ1) is 14.5. The molecule has 0 radical (unpaired) electrons. The van der Waals surface area contributed by atoms with Crippen LogP contribution in [0.2, 0.25) is 0 Å². The smallest absolute Gasteiger partial charge is 0.320 e. The van der Waals surface area contributed by atoms with E-state index in [0.29, 0.717) is 6.42 Å². The summed E-state index contributed by atoms with van der Waals surface area (Å²) >= 11 is 0. The Balaban J connectivity index is 1.88. The predicted molar refractivity (Wildman–Crippen MR) is 116 cm³/mol. The third-order valence-electron chi connectivity index (χ3n) is 6.82. The van der Waals surface area contributed by atoms with Gasteiger partial charge in [-0.05, 0) is 41.7 Å². The number of hydrogen-bond donors (Lipinski definition) is 0. The zero-order valence-corrected chi connectivity index (χ0v) is 17.3. The van der Waals surface area contributed by atoms with Gasteiger partial charge in [0.25, 0.3) is 0 Å². The van der Waals surface area contributed by atoms with Crippen molar-refractivity contribution in [2.75, 3.05) is 19.1 Å². The maximum Gasteiger partial charge on any atom is 0.320 e. The van der Waals surface area contributed by atoms with Gasteiger partial charge in [0.2, 0.25) is 5.91 Å². The zero-order chi connectivity index (χ0) is 21.1. The summed E-state index contributed by atoms with van der Waals surface area (Å²) in [5.41, 5.74) is 3.53. The molecule has 0 fully saturated rings. The molecule has 1 aliphatic carbocycles. The Hall–Kier alpha value is -3.40. The van der Waals surface area contributed by atoms with Crippen molar-refractivity contribution < 1.29 is 14.3 Å². The lowest BCUT2D eigenvalue weighted by molar-refractivity contribution is -0.146. The average Bonchev–Trinajstić information content (AvgIpc) is 3.21. The van der Waals surface area contributed by atoms with E-state index < -0.39 is 10.8 Å². The molecule has 0 bridgehead atoms. The molecule has 0 saturated heterocycles. The van der Waals surface area contributed by atoms with Gasteiger partial charge in [-0.25, -0.2) is 0 Å². The molecular weight excluding hydrogens is 374 g/mol. The van der Waals surface area contributed by atoms with Gasteiger partial charge in [0.1, 0.15) is 10.8 Å². The molecule has 3 aromatic rings. The molecule has 0 saturated carbocycles. The summed E-state index contributed by atoms with van der Waals surface area (Å²) in [6.45, 7) is 2.01. The Labute approximate surface area is 176 Å². The number of fused-ring (bicyclic) bond motifs is 4. The van der Waals surface area contributed by atoms with Crippen molar-refractivity contribution in [2.24, 2.45) is 0 Å². The SMILES string of the molecule is COC(=O)C1(c2cccc(C)c2)CC2(C(=O)N(C)c3ccccc32)c2ccccc21. The maximum atomic E-state index is 13.8. The van der Waals surface area contributed by atoms with Crippen LogP contribution in [-0.4, -0.2) is 26.0 Å². The number of carbonyl (C=O) groups is 2. The highest BCUT2D eigenvalue weighted by molar-refractivity contribution is 6.12. The molecule has 2 atom stereocenters. The second kappa shape index (κ2) is 6.30. The van der Waals surface area contributed by atoms with E-state index in [1.807, 2.05) is 86.8 Å². The van der Waals surface area contributed by atoms with Crippen LogP contribution in [0.3, 0.4) is 0 Å². The molecular formula is C26H23NO3. The van der Waals surface area contributed by atoms with Gasteiger partial charge in [-0.15, -0.1) is 0 Å². The minimum atomic E-state index is -1.05. The van der Waals surface area contributed by atoms with E-state index in [2.05, 4.69) is 0 Å². The van der Waals surface area contributed by atoms with Crippen LogP contribution in [0.5, 0.6) is 0 Å². The second-order valence-electron chi connectivity index (χ2n) is 8.28. The van der Waals surface area contributed by atoms with Crippen molar-refractivity contribution in [3.63, 3.8) is 0 Å². The van der Waals surface area contributed by atoms with Crippen molar-refractivity contribution in [1.82, 2.24) is 0 Å². The summed E-state index contributed by atoms with van der Waals surface area (Å²) in [4.78, 5) is 29.0. The lowest BCUT2D eigenvalue weighted by Crippen LogP contribution is -2.43.